The number of ether oxygens (including phenoxy) is 7. The number of hydrogen-bond acceptors (Lipinski definition) is 27. The van der Waals surface area contributed by atoms with Gasteiger partial charge in [0.05, 0.1) is 76.7 Å². The molecular weight excluding hydrogens is 1870 g/mol. The highest BCUT2D eigenvalue weighted by atomic mass is 32.2. The van der Waals surface area contributed by atoms with Crippen LogP contribution in [0.2, 0.25) is 0 Å². The molecule has 16 rings (SSSR count). The number of halogens is 2. The summed E-state index contributed by atoms with van der Waals surface area (Å²) in [7, 11) is -4.51. The number of nitrogens with zero attached hydrogens (tertiary/aromatic N) is 5. The molecule has 1 saturated carbocycles. The van der Waals surface area contributed by atoms with E-state index in [-0.39, 0.29) is 127 Å². The van der Waals surface area contributed by atoms with Gasteiger partial charge >= 0.3 is 52.6 Å². The average molecular weight is 1980 g/mol. The number of carbonyl (C=O) groups excluding carboxylic acids is 11. The Morgan fingerprint density at radius 2 is 0.965 bits per heavy atom. The third kappa shape index (κ3) is 20.8. The Morgan fingerprint density at radius 3 is 1.39 bits per heavy atom. The van der Waals surface area contributed by atoms with Gasteiger partial charge in [-0.05, 0) is 209 Å². The molecule has 4 aliphatic heterocycles. The van der Waals surface area contributed by atoms with Crippen molar-refractivity contribution in [1.82, 2.24) is 65.3 Å². The highest BCUT2D eigenvalue weighted by Crippen LogP contribution is 2.54. The zero-order valence-electron chi connectivity index (χ0n) is 80.4. The van der Waals surface area contributed by atoms with Gasteiger partial charge in [-0.25, -0.2) is 57.0 Å². The van der Waals surface area contributed by atoms with Gasteiger partial charge in [0, 0.05) is 82.7 Å². The molecule has 8 aromatic rings. The van der Waals surface area contributed by atoms with Crippen molar-refractivity contribution in [2.24, 2.45) is 29.6 Å². The highest BCUT2D eigenvalue weighted by Gasteiger charge is 2.51. The Kier molecular flexibility index (Phi) is 29.5. The molecule has 4 aromatic carbocycles. The number of aromatic nitrogens is 4. The summed E-state index contributed by atoms with van der Waals surface area (Å²) in [6, 6.07) is 12.2. The van der Waals surface area contributed by atoms with Crippen LogP contribution >= 0.6 is 0 Å². The van der Waals surface area contributed by atoms with Gasteiger partial charge < -0.3 is 95.0 Å². The molecule has 11 atom stereocenters. The lowest BCUT2D eigenvalue weighted by atomic mass is 9.81. The van der Waals surface area contributed by atoms with Gasteiger partial charge in [-0.15, -0.1) is 0 Å². The molecule has 0 spiro atoms. The summed E-state index contributed by atoms with van der Waals surface area (Å²) in [5, 5.41) is 46.0. The van der Waals surface area contributed by atoms with Crippen LogP contribution in [0.3, 0.4) is 0 Å². The molecule has 8 aliphatic rings. The SMILES string of the molecule is CC[C@@]1(O)C(=O)OCc2c1cc1n(c2=O)Cc2c-1nc1cc(F)c(C)c3c1c2[C@@H](NC(=O)OCc1ccc(NC(=O)[C@H](C)NC(=O)[C@@H](NC(=O)OCCN(CCNS(=O)(=O)NC(=O)OCC2[C@H]4CC/C(C)=C\CC[C@@H]24)CCOC(=O)N[C@H](C(=O)N[C@@H](C)C(=O)Nc2ccc(COC(=O)N[C@H]4CCc5c(C)c(F)cc6nc7c(c4c56)Cn4c-7cc5c(c4=O)COC(=O)[C@]5(O)CC)cc2)C(C)C)C(C)C)cc1)CC3. The minimum absolute atomic E-state index is 0.0283. The molecule has 39 nitrogen and oxygen atoms in total. The fraction of sp³-hybridized carbons (Fsp3) is 0.470. The number of rotatable bonds is 33. The molecule has 8 heterocycles. The fourth-order valence-electron chi connectivity index (χ4n) is 20.3. The van der Waals surface area contributed by atoms with Crippen molar-refractivity contribution in [1.29, 1.82) is 0 Å². The van der Waals surface area contributed by atoms with Gasteiger partial charge in [0.15, 0.2) is 11.2 Å². The van der Waals surface area contributed by atoms with Crippen molar-refractivity contribution >= 4 is 109 Å². The number of anilines is 2. The maximum absolute atomic E-state index is 15.6. The van der Waals surface area contributed by atoms with Crippen LogP contribution in [0.15, 0.2) is 94.0 Å². The number of cyclic esters (lactones) is 2. The lowest BCUT2D eigenvalue weighted by Gasteiger charge is -2.31. The number of esters is 2. The number of amides is 9. The molecule has 0 radical (unpaired) electrons. The normalized spacial score (nSPS) is 20.5. The second-order valence-electron chi connectivity index (χ2n) is 38.2. The number of pyridine rings is 4. The summed E-state index contributed by atoms with van der Waals surface area (Å²) >= 11 is 0. The fourth-order valence-corrected chi connectivity index (χ4v) is 21.0. The number of hydrogen-bond donors (Lipinski definition) is 12. The predicted octanol–water partition coefficient (Wildman–Crippen LogP) is 9.53. The second kappa shape index (κ2) is 41.4. The van der Waals surface area contributed by atoms with Gasteiger partial charge in [-0.3, -0.25) is 33.7 Å². The van der Waals surface area contributed by atoms with Gasteiger partial charge in [-0.2, -0.15) is 13.1 Å². The van der Waals surface area contributed by atoms with Gasteiger partial charge in [0.1, 0.15) is 75.4 Å². The Hall–Kier alpha value is -13.8. The molecule has 142 heavy (non-hydrogen) atoms. The van der Waals surface area contributed by atoms with E-state index < -0.39 is 158 Å². The van der Waals surface area contributed by atoms with Crippen molar-refractivity contribution in [3.63, 3.8) is 0 Å². The first-order valence-corrected chi connectivity index (χ1v) is 49.2. The standard InChI is InChI=1S/C100H115F2N15O24S/c1-12-99(131)68-37-76-84-63(41-116(76)90(122)66(68)46-137-92(99)124)80-72(29-27-59-51(8)70(101)39-74(108-84)78(59)80)110-94(126)139-43-55-18-22-57(23-19-55)106-86(118)53(10)104-88(120)82(48(3)4)112-96(128)135-35-33-115(32-31-103-142(133,134)114-98(130)141-45-65-61-16-14-15-50(7)17-26-62(61)65)34-36-136-97(129)113-83(49(5)6)89(121)105-54(11)87(119)107-58-24-20-56(21-25-58)44-140-95(127)111-73-30-28-60-52(9)71(102)40-75-79(60)81(73)64-42-117-77(85(64)109-75)38-69-67(91(117)123)47-138-93(125)100(69,132)13-2/h15,18-25,37-40,48-49,53-54,61-62,65,72-73,82-83,103,131-132H,12-14,16-17,26-36,41-47H2,1-11H3,(H,104,120)(H,105,121)(H,106,118)(H,107,119)(H,110,126)(H,111,127)(H,112,128)(H,113,129)(H,114,130)/b50-15-/t53-,54-,61+,62-,65?,72-,73-,82-,83-,99-,100-/m0/s1. The molecule has 42 heteroatoms. The van der Waals surface area contributed by atoms with E-state index in [2.05, 4.69) is 60.3 Å². The van der Waals surface area contributed by atoms with Crippen LogP contribution < -0.4 is 63.1 Å². The lowest BCUT2D eigenvalue weighted by molar-refractivity contribution is -0.172. The van der Waals surface area contributed by atoms with E-state index in [1.165, 1.54) is 40.7 Å². The zero-order chi connectivity index (χ0) is 102. The number of benzene rings is 4. The smallest absolute Gasteiger partial charge is 0.421 e. The zero-order valence-corrected chi connectivity index (χ0v) is 81.2. The molecule has 0 saturated heterocycles. The minimum Gasteiger partial charge on any atom is -0.458 e. The monoisotopic (exact) mass is 1980 g/mol. The van der Waals surface area contributed by atoms with Crippen molar-refractivity contribution in [3.05, 3.63) is 195 Å². The van der Waals surface area contributed by atoms with Gasteiger partial charge in [0.25, 0.3) is 11.1 Å². The van der Waals surface area contributed by atoms with E-state index in [9.17, 15) is 81.0 Å². The van der Waals surface area contributed by atoms with Crippen molar-refractivity contribution in [2.75, 3.05) is 56.6 Å². The first-order valence-electron chi connectivity index (χ1n) is 47.7. The summed E-state index contributed by atoms with van der Waals surface area (Å²) < 4.78 is 103. The summed E-state index contributed by atoms with van der Waals surface area (Å²) in [6.07, 6.45) is 2.37. The third-order valence-corrected chi connectivity index (χ3v) is 29.5. The Morgan fingerprint density at radius 1 is 0.528 bits per heavy atom. The number of allylic oxidation sites excluding steroid dienone is 2. The number of nitrogens with one attached hydrogen (secondary N) is 10. The van der Waals surface area contributed by atoms with E-state index >= 15 is 8.78 Å². The van der Waals surface area contributed by atoms with Crippen LogP contribution in [0.5, 0.6) is 0 Å². The van der Waals surface area contributed by atoms with Gasteiger partial charge in [-0.1, -0.05) is 77.5 Å². The van der Waals surface area contributed by atoms with Crippen LogP contribution in [-0.4, -0.2) is 179 Å². The molecule has 0 bridgehead atoms. The van der Waals surface area contributed by atoms with Crippen LogP contribution in [0.4, 0.5) is 44.1 Å². The number of aryl methyl sites for hydroxylation is 2. The van der Waals surface area contributed by atoms with E-state index in [1.807, 2.05) is 4.72 Å². The summed E-state index contributed by atoms with van der Waals surface area (Å²) in [5.41, 5.74) is 4.91. The molecule has 4 aliphatic carbocycles. The van der Waals surface area contributed by atoms with Crippen LogP contribution in [-0.2, 0) is 136 Å². The van der Waals surface area contributed by atoms with E-state index in [0.29, 0.717) is 149 Å². The molecule has 754 valence electrons. The molecule has 12 N–H and O–H groups in total. The van der Waals surface area contributed by atoms with Crippen LogP contribution in [0.1, 0.15) is 204 Å². The summed E-state index contributed by atoms with van der Waals surface area (Å²) in [4.78, 5) is 188. The van der Waals surface area contributed by atoms with Crippen molar-refractivity contribution < 1.29 is 113 Å². The Bertz CT molecular complexity index is 6400. The molecule has 1 fully saturated rings. The maximum atomic E-state index is 15.6. The van der Waals surface area contributed by atoms with E-state index in [4.69, 9.17) is 43.1 Å². The minimum atomic E-state index is -4.51. The highest BCUT2D eigenvalue weighted by molar-refractivity contribution is 7.88. The van der Waals surface area contributed by atoms with Crippen molar-refractivity contribution in [2.45, 2.75) is 227 Å². The Balaban J connectivity index is 0.488. The number of alkyl carbamates (subject to hydrolysis) is 4. The summed E-state index contributed by atoms with van der Waals surface area (Å²) in [6.45, 7) is 15.5. The van der Waals surface area contributed by atoms with E-state index in [1.54, 1.807) is 121 Å². The lowest BCUT2D eigenvalue weighted by Crippen LogP contribution is -2.54. The molecule has 4 aromatic heterocycles. The predicted molar refractivity (Wildman–Crippen MR) is 509 cm³/mol. The molecule has 1 unspecified atom stereocenters. The quantitative estimate of drug-likeness (QED) is 0.0103. The van der Waals surface area contributed by atoms with Crippen LogP contribution in [0.25, 0.3) is 44.6 Å². The second-order valence-corrected chi connectivity index (χ2v) is 39.7. The van der Waals surface area contributed by atoms with E-state index in [0.717, 1.165) is 25.7 Å². The third-order valence-electron chi connectivity index (χ3n) is 28.5. The number of carbonyl (C=O) groups is 11. The number of aliphatic hydroxyl groups is 2. The maximum Gasteiger partial charge on any atom is 0.421 e. The molecular formula is C100H115F2N15O24S. The topological polar surface area (TPSA) is 520 Å². The van der Waals surface area contributed by atoms with Crippen LogP contribution in [0, 0.1) is 55.1 Å². The van der Waals surface area contributed by atoms with Gasteiger partial charge in [0.2, 0.25) is 23.6 Å². The Labute approximate surface area is 815 Å². The first-order chi connectivity index (χ1) is 67.6. The summed E-state index contributed by atoms with van der Waals surface area (Å²) in [5.74, 6) is -5.79. The largest absolute Gasteiger partial charge is 0.458 e. The first kappa shape index (κ1) is 101. The van der Waals surface area contributed by atoms with Crippen molar-refractivity contribution in [3.8, 4) is 22.8 Å². The molecule has 9 amide bonds. The number of fused-ring (bicyclic) bond motifs is 11. The average Bonchev–Trinajstić information content (AvgIpc) is 1.51.